The molecule has 3 aliphatic heterocycles. The van der Waals surface area contributed by atoms with E-state index in [9.17, 15) is 9.90 Å². The number of methoxy groups -OCH3 is 3. The number of ether oxygens (including phenoxy) is 3. The van der Waals surface area contributed by atoms with E-state index in [4.69, 9.17) is 30.8 Å². The van der Waals surface area contributed by atoms with Crippen LogP contribution < -0.4 is 4.74 Å². The van der Waals surface area contributed by atoms with E-state index in [0.29, 0.717) is 46.1 Å². The van der Waals surface area contributed by atoms with E-state index >= 15 is 0 Å². The number of hydrogen-bond acceptors (Lipinski definition) is 7. The first kappa shape index (κ1) is 22.1. The SMILES string of the molecule is CC[C@@H]1CN2CC[C@@]3(O)C(=Nc4ccc(Cl)c(OC)c43)[C@@H]2C[C@@H]1C(=COC)C(=O)OC. The van der Waals surface area contributed by atoms with Crippen LogP contribution in [0.5, 0.6) is 5.75 Å². The van der Waals surface area contributed by atoms with Gasteiger partial charge in [0.15, 0.2) is 0 Å². The molecule has 31 heavy (non-hydrogen) atoms. The minimum absolute atomic E-state index is 0.0575. The topological polar surface area (TPSA) is 80.6 Å². The van der Waals surface area contributed by atoms with Crippen molar-refractivity contribution < 1.29 is 24.1 Å². The van der Waals surface area contributed by atoms with Crippen LogP contribution in [0.1, 0.15) is 31.7 Å². The second-order valence-electron chi connectivity index (χ2n) is 8.40. The lowest BCUT2D eigenvalue weighted by molar-refractivity contribution is -0.137. The summed E-state index contributed by atoms with van der Waals surface area (Å²) in [5.74, 6) is 0.311. The average Bonchev–Trinajstić information content (AvgIpc) is 3.09. The van der Waals surface area contributed by atoms with E-state index in [1.165, 1.54) is 20.5 Å². The number of esters is 1. The Morgan fingerprint density at radius 2 is 2.16 bits per heavy atom. The smallest absolute Gasteiger partial charge is 0.337 e. The second kappa shape index (κ2) is 8.45. The van der Waals surface area contributed by atoms with E-state index in [1.54, 1.807) is 13.2 Å². The van der Waals surface area contributed by atoms with Crippen LogP contribution in [0.25, 0.3) is 0 Å². The number of benzene rings is 1. The van der Waals surface area contributed by atoms with Gasteiger partial charge in [0.05, 0.1) is 61.2 Å². The first-order chi connectivity index (χ1) is 14.9. The molecular weight excluding hydrogens is 420 g/mol. The lowest BCUT2D eigenvalue weighted by atomic mass is 9.70. The van der Waals surface area contributed by atoms with Crippen LogP contribution in [-0.4, -0.2) is 62.1 Å². The highest BCUT2D eigenvalue weighted by Gasteiger charge is 2.54. The van der Waals surface area contributed by atoms with Gasteiger partial charge in [-0.05, 0) is 36.8 Å². The molecule has 1 aromatic rings. The molecule has 3 heterocycles. The van der Waals surface area contributed by atoms with Gasteiger partial charge in [0.2, 0.25) is 0 Å². The maximum atomic E-state index is 12.5. The molecule has 1 aromatic carbocycles. The molecule has 8 heteroatoms. The molecule has 2 saturated heterocycles. The number of aliphatic hydroxyl groups is 1. The van der Waals surface area contributed by atoms with Crippen molar-refractivity contribution in [3.8, 4) is 5.75 Å². The molecule has 168 valence electrons. The van der Waals surface area contributed by atoms with Gasteiger partial charge in [-0.15, -0.1) is 0 Å². The monoisotopic (exact) mass is 448 g/mol. The van der Waals surface area contributed by atoms with Crippen LogP contribution in [0.2, 0.25) is 5.02 Å². The maximum absolute atomic E-state index is 12.5. The number of carbonyl (C=O) groups excluding carboxylic acids is 1. The average molecular weight is 449 g/mol. The third-order valence-corrected chi connectivity index (χ3v) is 7.29. The zero-order chi connectivity index (χ0) is 22.3. The lowest BCUT2D eigenvalue weighted by Crippen LogP contribution is -2.60. The summed E-state index contributed by atoms with van der Waals surface area (Å²) >= 11 is 6.36. The minimum atomic E-state index is -1.23. The molecule has 0 radical (unpaired) electrons. The molecule has 4 atom stereocenters. The van der Waals surface area contributed by atoms with Gasteiger partial charge in [-0.25, -0.2) is 4.79 Å². The first-order valence-corrected chi connectivity index (χ1v) is 11.0. The number of fused-ring (bicyclic) bond motifs is 5. The van der Waals surface area contributed by atoms with Crippen molar-refractivity contribution in [3.05, 3.63) is 34.6 Å². The van der Waals surface area contributed by atoms with Gasteiger partial charge in [-0.1, -0.05) is 24.9 Å². The molecule has 2 fully saturated rings. The Morgan fingerprint density at radius 1 is 1.39 bits per heavy atom. The fourth-order valence-corrected chi connectivity index (χ4v) is 5.73. The van der Waals surface area contributed by atoms with Gasteiger partial charge in [-0.2, -0.15) is 0 Å². The number of rotatable bonds is 5. The van der Waals surface area contributed by atoms with Crippen LogP contribution in [0.3, 0.4) is 0 Å². The largest absolute Gasteiger partial charge is 0.504 e. The van der Waals surface area contributed by atoms with Gasteiger partial charge in [0, 0.05) is 13.1 Å². The molecule has 0 aromatic heterocycles. The summed E-state index contributed by atoms with van der Waals surface area (Å²) in [6, 6.07) is 3.47. The molecule has 7 nitrogen and oxygen atoms in total. The van der Waals surface area contributed by atoms with Crippen LogP contribution in [0.4, 0.5) is 5.69 Å². The zero-order valence-electron chi connectivity index (χ0n) is 18.4. The molecule has 0 aliphatic carbocycles. The van der Waals surface area contributed by atoms with Crippen molar-refractivity contribution in [2.45, 2.75) is 37.8 Å². The van der Waals surface area contributed by atoms with Crippen LogP contribution >= 0.6 is 11.6 Å². The molecule has 0 spiro atoms. The summed E-state index contributed by atoms with van der Waals surface area (Å²) < 4.78 is 15.8. The Hall–Kier alpha value is -2.09. The van der Waals surface area contributed by atoms with Crippen LogP contribution in [-0.2, 0) is 19.9 Å². The molecule has 0 bridgehead atoms. The van der Waals surface area contributed by atoms with Gasteiger partial charge in [0.25, 0.3) is 0 Å². The summed E-state index contributed by atoms with van der Waals surface area (Å²) in [7, 11) is 4.47. The van der Waals surface area contributed by atoms with E-state index in [-0.39, 0.29) is 23.8 Å². The summed E-state index contributed by atoms with van der Waals surface area (Å²) in [5.41, 5.74) is 1.34. The number of nitrogens with zero attached hydrogens (tertiary/aromatic N) is 2. The summed E-state index contributed by atoms with van der Waals surface area (Å²) in [5, 5.41) is 12.3. The molecule has 3 aliphatic rings. The molecule has 0 amide bonds. The molecule has 0 unspecified atom stereocenters. The van der Waals surface area contributed by atoms with Crippen molar-refractivity contribution in [2.75, 3.05) is 34.4 Å². The van der Waals surface area contributed by atoms with Crippen molar-refractivity contribution in [1.82, 2.24) is 4.90 Å². The number of carbonyl (C=O) groups is 1. The van der Waals surface area contributed by atoms with Crippen molar-refractivity contribution in [2.24, 2.45) is 16.8 Å². The third-order valence-electron chi connectivity index (χ3n) is 6.99. The Bertz CT molecular complexity index is 946. The Labute approximate surface area is 187 Å². The van der Waals surface area contributed by atoms with E-state index < -0.39 is 5.60 Å². The maximum Gasteiger partial charge on any atom is 0.337 e. The van der Waals surface area contributed by atoms with Crippen molar-refractivity contribution >= 4 is 29.0 Å². The number of halogens is 1. The highest BCUT2D eigenvalue weighted by atomic mass is 35.5. The van der Waals surface area contributed by atoms with Gasteiger partial charge in [0.1, 0.15) is 11.4 Å². The standard InChI is InChI=1S/C23H29ClN2O5/c1-5-13-11-26-9-8-23(28)19-17(7-6-16(24)20(19)30-3)25-21(23)18(26)10-14(13)15(12-29-2)22(27)31-4/h6-7,12-14,18,28H,5,8-11H2,1-4H3/t13-,14+,18+,23+/m1/s1. The number of aliphatic imine (C=N–C) groups is 1. The Balaban J connectivity index is 1.74. The Kier molecular flexibility index (Phi) is 6.03. The van der Waals surface area contributed by atoms with Crippen LogP contribution in [0, 0.1) is 11.8 Å². The van der Waals surface area contributed by atoms with Crippen molar-refractivity contribution in [1.29, 1.82) is 0 Å². The predicted octanol–water partition coefficient (Wildman–Crippen LogP) is 3.45. The second-order valence-corrected chi connectivity index (χ2v) is 8.81. The normalized spacial score (nSPS) is 30.1. The lowest BCUT2D eigenvalue weighted by Gasteiger charge is -2.50. The summed E-state index contributed by atoms with van der Waals surface area (Å²) in [4.78, 5) is 19.7. The Morgan fingerprint density at radius 3 is 2.81 bits per heavy atom. The van der Waals surface area contributed by atoms with Crippen molar-refractivity contribution in [3.63, 3.8) is 0 Å². The fourth-order valence-electron chi connectivity index (χ4n) is 5.49. The van der Waals surface area contributed by atoms with Gasteiger partial charge in [-0.3, -0.25) is 9.89 Å². The molecule has 1 N–H and O–H groups in total. The highest BCUT2D eigenvalue weighted by Crippen LogP contribution is 2.53. The third kappa shape index (κ3) is 3.43. The quantitative estimate of drug-likeness (QED) is 0.422. The summed E-state index contributed by atoms with van der Waals surface area (Å²) in [6.07, 6.45) is 3.59. The number of piperidine rings is 2. The van der Waals surface area contributed by atoms with E-state index in [2.05, 4.69) is 11.8 Å². The fraction of sp³-hybridized carbons (Fsp3) is 0.565. The number of hydrogen-bond donors (Lipinski definition) is 1. The highest BCUT2D eigenvalue weighted by molar-refractivity contribution is 6.32. The van der Waals surface area contributed by atoms with E-state index in [0.717, 1.165) is 19.5 Å². The molecular formula is C23H29ClN2O5. The van der Waals surface area contributed by atoms with Gasteiger partial charge >= 0.3 is 5.97 Å². The zero-order valence-corrected chi connectivity index (χ0v) is 19.1. The molecule has 4 rings (SSSR count). The van der Waals surface area contributed by atoms with E-state index in [1.807, 2.05) is 6.07 Å². The minimum Gasteiger partial charge on any atom is -0.504 e. The first-order valence-electron chi connectivity index (χ1n) is 10.6. The molecule has 0 saturated carbocycles. The van der Waals surface area contributed by atoms with Crippen LogP contribution in [0.15, 0.2) is 29.0 Å². The predicted molar refractivity (Wildman–Crippen MR) is 118 cm³/mol. The van der Waals surface area contributed by atoms with Gasteiger partial charge < -0.3 is 19.3 Å². The summed E-state index contributed by atoms with van der Waals surface area (Å²) in [6.45, 7) is 3.67.